The van der Waals surface area contributed by atoms with Crippen LogP contribution in [0.1, 0.15) is 0 Å². The molecular formula is C58H39NO. The molecule has 0 N–H and O–H groups in total. The fourth-order valence-electron chi connectivity index (χ4n) is 8.76. The highest BCUT2D eigenvalue weighted by atomic mass is 16.5. The van der Waals surface area contributed by atoms with Crippen molar-refractivity contribution in [3.05, 3.63) is 237 Å². The second-order valence-electron chi connectivity index (χ2n) is 15.3. The Bertz CT molecular complexity index is 3050. The summed E-state index contributed by atoms with van der Waals surface area (Å²) in [4.78, 5) is 2.33. The highest BCUT2D eigenvalue weighted by Crippen LogP contribution is 2.52. The average molecular weight is 766 g/mol. The number of nitrogens with zero attached hydrogens (tertiary/aromatic N) is 1. The number of rotatable bonds is 7. The normalized spacial score (nSPS) is 11.5. The molecule has 0 saturated heterocycles. The first kappa shape index (κ1) is 35.2. The lowest BCUT2D eigenvalue weighted by Crippen LogP contribution is -2.10. The SMILES string of the molecule is c1ccc(-c2ccc(N(c3ccc(-c4ccccc4)cc3)c3ccc4c(c3)Oc3cc(-c5ccccc5-c5ccccc5)ccc3-c3ccc5ccccc5c3-4)cc2)cc1. The van der Waals surface area contributed by atoms with Gasteiger partial charge in [0.1, 0.15) is 11.5 Å². The fraction of sp³-hybridized carbons (Fsp3) is 0. The van der Waals surface area contributed by atoms with Gasteiger partial charge < -0.3 is 9.64 Å². The number of benzene rings is 10. The van der Waals surface area contributed by atoms with E-state index in [1.54, 1.807) is 0 Å². The Balaban J connectivity index is 1.08. The predicted octanol–water partition coefficient (Wildman–Crippen LogP) is 16.4. The third-order valence-electron chi connectivity index (χ3n) is 11.7. The molecule has 0 radical (unpaired) electrons. The summed E-state index contributed by atoms with van der Waals surface area (Å²) >= 11 is 0. The number of fused-ring (bicyclic) bond motifs is 7. The van der Waals surface area contributed by atoms with Crippen molar-refractivity contribution in [2.24, 2.45) is 0 Å². The van der Waals surface area contributed by atoms with E-state index in [9.17, 15) is 0 Å². The van der Waals surface area contributed by atoms with Crippen LogP contribution in [0.2, 0.25) is 0 Å². The molecule has 1 heterocycles. The van der Waals surface area contributed by atoms with Crippen molar-refractivity contribution in [3.8, 4) is 78.3 Å². The molecule has 0 saturated carbocycles. The van der Waals surface area contributed by atoms with E-state index in [0.717, 1.165) is 56.4 Å². The zero-order valence-electron chi connectivity index (χ0n) is 32.9. The van der Waals surface area contributed by atoms with Crippen LogP contribution >= 0.6 is 0 Å². The van der Waals surface area contributed by atoms with Gasteiger partial charge in [-0.3, -0.25) is 0 Å². The summed E-state index contributed by atoms with van der Waals surface area (Å²) in [6.07, 6.45) is 0. The van der Waals surface area contributed by atoms with E-state index < -0.39 is 0 Å². The van der Waals surface area contributed by atoms with Gasteiger partial charge in [0, 0.05) is 39.8 Å². The van der Waals surface area contributed by atoms with Crippen LogP contribution in [0.3, 0.4) is 0 Å². The summed E-state index contributed by atoms with van der Waals surface area (Å²) in [7, 11) is 0. The summed E-state index contributed by atoms with van der Waals surface area (Å²) < 4.78 is 7.23. The van der Waals surface area contributed by atoms with Crippen LogP contribution in [0.4, 0.5) is 17.1 Å². The summed E-state index contributed by atoms with van der Waals surface area (Å²) in [5.41, 5.74) is 17.0. The van der Waals surface area contributed by atoms with Gasteiger partial charge in [-0.05, 0) is 109 Å². The van der Waals surface area contributed by atoms with E-state index in [1.807, 2.05) is 0 Å². The lowest BCUT2D eigenvalue weighted by atomic mass is 9.88. The van der Waals surface area contributed by atoms with Crippen molar-refractivity contribution in [1.29, 1.82) is 0 Å². The first-order valence-corrected chi connectivity index (χ1v) is 20.5. The van der Waals surface area contributed by atoms with Crippen molar-refractivity contribution in [2.45, 2.75) is 0 Å². The Morgan fingerprint density at radius 1 is 0.267 bits per heavy atom. The number of ether oxygens (including phenoxy) is 1. The zero-order chi connectivity index (χ0) is 39.8. The van der Waals surface area contributed by atoms with Crippen LogP contribution in [-0.2, 0) is 0 Å². The Kier molecular flexibility index (Phi) is 8.87. The topological polar surface area (TPSA) is 12.5 Å². The van der Waals surface area contributed by atoms with Crippen molar-refractivity contribution >= 4 is 27.8 Å². The summed E-state index contributed by atoms with van der Waals surface area (Å²) in [6.45, 7) is 0. The molecule has 282 valence electrons. The van der Waals surface area contributed by atoms with Gasteiger partial charge in [-0.15, -0.1) is 0 Å². The van der Waals surface area contributed by atoms with Gasteiger partial charge in [-0.1, -0.05) is 182 Å². The minimum Gasteiger partial charge on any atom is -0.456 e. The number of hydrogen-bond acceptors (Lipinski definition) is 2. The predicted molar refractivity (Wildman–Crippen MR) is 251 cm³/mol. The lowest BCUT2D eigenvalue weighted by molar-refractivity contribution is 0.488. The Morgan fingerprint density at radius 2 is 0.717 bits per heavy atom. The van der Waals surface area contributed by atoms with Crippen molar-refractivity contribution < 1.29 is 4.74 Å². The molecule has 11 rings (SSSR count). The molecule has 10 aromatic rings. The monoisotopic (exact) mass is 765 g/mol. The van der Waals surface area contributed by atoms with E-state index in [-0.39, 0.29) is 0 Å². The molecule has 60 heavy (non-hydrogen) atoms. The molecule has 0 unspecified atom stereocenters. The number of hydrogen-bond donors (Lipinski definition) is 0. The van der Waals surface area contributed by atoms with E-state index in [0.29, 0.717) is 0 Å². The molecule has 2 heteroatoms. The quantitative estimate of drug-likeness (QED) is 0.160. The third kappa shape index (κ3) is 6.41. The molecule has 1 aliphatic rings. The second kappa shape index (κ2) is 15.1. The molecule has 0 amide bonds. The fourth-order valence-corrected chi connectivity index (χ4v) is 8.76. The van der Waals surface area contributed by atoms with E-state index in [1.165, 1.54) is 49.7 Å². The van der Waals surface area contributed by atoms with Gasteiger partial charge in [0.15, 0.2) is 0 Å². The van der Waals surface area contributed by atoms with Gasteiger partial charge in [0.2, 0.25) is 0 Å². The largest absolute Gasteiger partial charge is 0.456 e. The van der Waals surface area contributed by atoms with Crippen LogP contribution in [0, 0.1) is 0 Å². The van der Waals surface area contributed by atoms with Crippen LogP contribution in [0.15, 0.2) is 237 Å². The van der Waals surface area contributed by atoms with Crippen LogP contribution in [0.5, 0.6) is 11.5 Å². The molecule has 0 bridgehead atoms. The first-order chi connectivity index (χ1) is 29.7. The molecule has 2 nitrogen and oxygen atoms in total. The van der Waals surface area contributed by atoms with E-state index in [4.69, 9.17) is 4.74 Å². The molecule has 0 aliphatic carbocycles. The molecule has 0 fully saturated rings. The maximum atomic E-state index is 7.23. The minimum atomic E-state index is 0.809. The minimum absolute atomic E-state index is 0.809. The first-order valence-electron chi connectivity index (χ1n) is 20.5. The van der Waals surface area contributed by atoms with E-state index in [2.05, 4.69) is 241 Å². The lowest BCUT2D eigenvalue weighted by Gasteiger charge is -2.27. The van der Waals surface area contributed by atoms with Crippen molar-refractivity contribution in [3.63, 3.8) is 0 Å². The van der Waals surface area contributed by atoms with Crippen molar-refractivity contribution in [2.75, 3.05) is 4.90 Å². The molecular weight excluding hydrogens is 727 g/mol. The summed E-state index contributed by atoms with van der Waals surface area (Å²) in [5, 5.41) is 2.39. The highest BCUT2D eigenvalue weighted by molar-refractivity contribution is 6.07. The van der Waals surface area contributed by atoms with Crippen LogP contribution < -0.4 is 9.64 Å². The molecule has 10 aromatic carbocycles. The van der Waals surface area contributed by atoms with Gasteiger partial charge in [-0.25, -0.2) is 0 Å². The van der Waals surface area contributed by atoms with Crippen LogP contribution in [0.25, 0.3) is 77.5 Å². The summed E-state index contributed by atoms with van der Waals surface area (Å²) in [5.74, 6) is 1.64. The molecule has 0 spiro atoms. The molecule has 0 aromatic heterocycles. The van der Waals surface area contributed by atoms with Gasteiger partial charge in [-0.2, -0.15) is 0 Å². The number of anilines is 3. The average Bonchev–Trinajstić information content (AvgIpc) is 3.47. The second-order valence-corrected chi connectivity index (χ2v) is 15.3. The standard InChI is InChI=1S/C58H39NO/c1-4-14-40(15-5-1)42-24-30-47(31-25-42)59(48-32-26-43(27-33-48)41-16-6-2-7-17-41)49-34-37-55-57(39-49)60-56-38-46(51-22-13-12-21-50(51)44-18-8-3-9-19-44)29-35-53(56)54-36-28-45-20-10-11-23-52(45)58(54)55/h1-39H. The Hall–Kier alpha value is -7.94. The maximum Gasteiger partial charge on any atom is 0.137 e. The maximum absolute atomic E-state index is 7.23. The third-order valence-corrected chi connectivity index (χ3v) is 11.7. The van der Waals surface area contributed by atoms with Crippen molar-refractivity contribution in [1.82, 2.24) is 0 Å². The van der Waals surface area contributed by atoms with Crippen LogP contribution in [-0.4, -0.2) is 0 Å². The summed E-state index contributed by atoms with van der Waals surface area (Å²) in [6, 6.07) is 84.6. The van der Waals surface area contributed by atoms with Gasteiger partial charge >= 0.3 is 0 Å². The van der Waals surface area contributed by atoms with Gasteiger partial charge in [0.05, 0.1) is 0 Å². The van der Waals surface area contributed by atoms with Gasteiger partial charge in [0.25, 0.3) is 0 Å². The molecule has 1 aliphatic heterocycles. The van der Waals surface area contributed by atoms with E-state index >= 15 is 0 Å². The zero-order valence-corrected chi connectivity index (χ0v) is 32.9. The smallest absolute Gasteiger partial charge is 0.137 e. The molecule has 0 atom stereocenters. The Labute approximate surface area is 350 Å². The Morgan fingerprint density at radius 3 is 1.35 bits per heavy atom. The highest BCUT2D eigenvalue weighted by Gasteiger charge is 2.25.